The van der Waals surface area contributed by atoms with Gasteiger partial charge in [0.1, 0.15) is 10.0 Å². The second-order valence-electron chi connectivity index (χ2n) is 17.4. The zero-order valence-electron chi connectivity index (χ0n) is 37.9. The molecule has 13 rings (SSSR count). The van der Waals surface area contributed by atoms with Crippen LogP contribution in [0.3, 0.4) is 0 Å². The van der Waals surface area contributed by atoms with E-state index in [0.717, 1.165) is 66.3 Å². The smallest absolute Gasteiger partial charge is 0.124 e. The van der Waals surface area contributed by atoms with Gasteiger partial charge in [0.05, 0.1) is 20.4 Å². The third-order valence-electron chi connectivity index (χ3n) is 13.1. The van der Waals surface area contributed by atoms with Crippen molar-refractivity contribution in [3.05, 3.63) is 255 Å². The molecule has 0 aliphatic heterocycles. The SMILES string of the molecule is c1ccc(-c2ccc(N(c3ccc(-c4nc5ccccc5s4)cc3)c3ccc4c(ccc5cc(N(c6ccc(-c7ccccc7)cc6)c6ccc(-c7nc8ccccc8s7)cc6)ccc54)c3)cc2)cc1. The number of para-hydroxylation sites is 2. The van der Waals surface area contributed by atoms with E-state index in [0.29, 0.717) is 0 Å². The van der Waals surface area contributed by atoms with E-state index in [1.807, 2.05) is 12.1 Å². The largest absolute Gasteiger partial charge is 0.310 e. The number of anilines is 6. The zero-order valence-corrected chi connectivity index (χ0v) is 39.5. The molecule has 4 nitrogen and oxygen atoms in total. The minimum absolute atomic E-state index is 1.02. The van der Waals surface area contributed by atoms with E-state index < -0.39 is 0 Å². The quantitative estimate of drug-likeness (QED) is 0.128. The average molecular weight is 931 g/mol. The highest BCUT2D eigenvalue weighted by Gasteiger charge is 2.18. The Morgan fingerprint density at radius 1 is 0.257 bits per heavy atom. The van der Waals surface area contributed by atoms with Gasteiger partial charge in [-0.05, 0) is 165 Å². The first-order chi connectivity index (χ1) is 34.6. The summed E-state index contributed by atoms with van der Waals surface area (Å²) in [4.78, 5) is 14.6. The Bertz CT molecular complexity index is 3650. The predicted molar refractivity (Wildman–Crippen MR) is 299 cm³/mol. The highest BCUT2D eigenvalue weighted by Crippen LogP contribution is 2.43. The van der Waals surface area contributed by atoms with Crippen molar-refractivity contribution in [1.29, 1.82) is 0 Å². The molecule has 0 unspecified atom stereocenters. The third-order valence-corrected chi connectivity index (χ3v) is 15.3. The maximum absolute atomic E-state index is 4.95. The summed E-state index contributed by atoms with van der Waals surface area (Å²) in [7, 11) is 0. The molecule has 0 saturated heterocycles. The van der Waals surface area contributed by atoms with Crippen LogP contribution in [0.1, 0.15) is 0 Å². The lowest BCUT2D eigenvalue weighted by atomic mass is 9.99. The highest BCUT2D eigenvalue weighted by molar-refractivity contribution is 7.22. The number of hydrogen-bond donors (Lipinski definition) is 0. The Hall–Kier alpha value is -8.68. The van der Waals surface area contributed by atoms with Crippen molar-refractivity contribution in [2.75, 3.05) is 9.80 Å². The number of hydrogen-bond acceptors (Lipinski definition) is 6. The van der Waals surface area contributed by atoms with Crippen molar-refractivity contribution in [2.45, 2.75) is 0 Å². The van der Waals surface area contributed by atoms with Crippen LogP contribution >= 0.6 is 22.7 Å². The van der Waals surface area contributed by atoms with Gasteiger partial charge in [-0.15, -0.1) is 22.7 Å². The van der Waals surface area contributed by atoms with Crippen LogP contribution in [0.15, 0.2) is 255 Å². The summed E-state index contributed by atoms with van der Waals surface area (Å²) >= 11 is 3.46. The Kier molecular flexibility index (Phi) is 10.5. The summed E-state index contributed by atoms with van der Waals surface area (Å²) in [5, 5.41) is 6.81. The van der Waals surface area contributed by atoms with Gasteiger partial charge >= 0.3 is 0 Å². The van der Waals surface area contributed by atoms with E-state index in [2.05, 4.69) is 252 Å². The van der Waals surface area contributed by atoms with E-state index >= 15 is 0 Å². The second-order valence-corrected chi connectivity index (χ2v) is 19.5. The maximum atomic E-state index is 4.95. The lowest BCUT2D eigenvalue weighted by Gasteiger charge is -2.27. The van der Waals surface area contributed by atoms with Crippen molar-refractivity contribution in [3.63, 3.8) is 0 Å². The van der Waals surface area contributed by atoms with Crippen molar-refractivity contribution in [3.8, 4) is 43.4 Å². The number of aromatic nitrogens is 2. The van der Waals surface area contributed by atoms with Gasteiger partial charge in [0.2, 0.25) is 0 Å². The standard InChI is InChI=1S/C64H42N4S2/c1-3-11-43(12-4-1)45-21-29-51(30-22-45)67(53-33-25-47(26-34-53)63-65-59-15-7-9-17-61(59)69-63)55-37-39-57-49(41-55)19-20-50-42-56(38-40-58(50)57)68(52-31-23-46(24-32-52)44-13-5-2-6-14-44)54-35-27-48(28-36-54)64-66-60-16-8-10-18-62(60)70-64/h1-42H. The number of rotatable bonds is 10. The summed E-state index contributed by atoms with van der Waals surface area (Å²) in [6.07, 6.45) is 0. The Labute approximate surface area is 414 Å². The van der Waals surface area contributed by atoms with Crippen LogP contribution in [-0.4, -0.2) is 9.97 Å². The first-order valence-electron chi connectivity index (χ1n) is 23.5. The average Bonchev–Trinajstić information content (AvgIpc) is 4.08. The van der Waals surface area contributed by atoms with Crippen LogP contribution in [-0.2, 0) is 0 Å². The van der Waals surface area contributed by atoms with Crippen LogP contribution in [0, 0.1) is 0 Å². The van der Waals surface area contributed by atoms with Gasteiger partial charge in [-0.1, -0.05) is 133 Å². The summed E-state index contributed by atoms with van der Waals surface area (Å²) in [5.41, 5.74) is 15.5. The van der Waals surface area contributed by atoms with Crippen LogP contribution in [0.2, 0.25) is 0 Å². The number of fused-ring (bicyclic) bond motifs is 5. The van der Waals surface area contributed by atoms with Crippen LogP contribution in [0.4, 0.5) is 34.1 Å². The molecule has 6 heteroatoms. The van der Waals surface area contributed by atoms with Gasteiger partial charge in [0.15, 0.2) is 0 Å². The van der Waals surface area contributed by atoms with E-state index in [-0.39, 0.29) is 0 Å². The lowest BCUT2D eigenvalue weighted by Crippen LogP contribution is -2.10. The first kappa shape index (κ1) is 41.5. The fraction of sp³-hybridized carbons (Fsp3) is 0. The molecular formula is C64H42N4S2. The number of benzene rings is 11. The van der Waals surface area contributed by atoms with Crippen molar-refractivity contribution in [2.24, 2.45) is 0 Å². The fourth-order valence-electron chi connectivity index (χ4n) is 9.58. The van der Waals surface area contributed by atoms with Crippen molar-refractivity contribution < 1.29 is 0 Å². The molecule has 330 valence electrons. The molecule has 0 aliphatic rings. The van der Waals surface area contributed by atoms with Gasteiger partial charge < -0.3 is 9.80 Å². The molecule has 0 fully saturated rings. The van der Waals surface area contributed by atoms with Crippen molar-refractivity contribution >= 4 is 98.8 Å². The molecule has 70 heavy (non-hydrogen) atoms. The molecule has 0 N–H and O–H groups in total. The molecule has 0 bridgehead atoms. The minimum Gasteiger partial charge on any atom is -0.310 e. The van der Waals surface area contributed by atoms with Crippen LogP contribution in [0.25, 0.3) is 85.4 Å². The van der Waals surface area contributed by atoms with Crippen molar-refractivity contribution in [1.82, 2.24) is 9.97 Å². The van der Waals surface area contributed by atoms with Gasteiger partial charge in [0.25, 0.3) is 0 Å². The summed E-state index contributed by atoms with van der Waals surface area (Å²) < 4.78 is 2.39. The molecule has 0 amide bonds. The minimum atomic E-state index is 1.02. The predicted octanol–water partition coefficient (Wildman–Crippen LogP) is 18.8. The molecule has 0 saturated carbocycles. The molecular weight excluding hydrogens is 889 g/mol. The van der Waals surface area contributed by atoms with E-state index in [4.69, 9.17) is 9.97 Å². The molecule has 0 spiro atoms. The van der Waals surface area contributed by atoms with E-state index in [9.17, 15) is 0 Å². The van der Waals surface area contributed by atoms with Gasteiger partial charge in [-0.25, -0.2) is 9.97 Å². The summed E-state index contributed by atoms with van der Waals surface area (Å²) in [5.74, 6) is 0. The third kappa shape index (κ3) is 7.85. The van der Waals surface area contributed by atoms with Gasteiger partial charge in [-0.2, -0.15) is 0 Å². The zero-order chi connectivity index (χ0) is 46.4. The Morgan fingerprint density at radius 2 is 0.571 bits per heavy atom. The molecule has 2 heterocycles. The fourth-order valence-corrected chi connectivity index (χ4v) is 11.5. The monoisotopic (exact) mass is 930 g/mol. The van der Waals surface area contributed by atoms with E-state index in [1.54, 1.807) is 22.7 Å². The molecule has 11 aromatic carbocycles. The second kappa shape index (κ2) is 17.8. The number of nitrogens with zero attached hydrogens (tertiary/aromatic N) is 4. The van der Waals surface area contributed by atoms with E-state index in [1.165, 1.54) is 53.2 Å². The van der Waals surface area contributed by atoms with Gasteiger partial charge in [0, 0.05) is 45.3 Å². The lowest BCUT2D eigenvalue weighted by molar-refractivity contribution is 1.29. The maximum Gasteiger partial charge on any atom is 0.124 e. The molecule has 2 aromatic heterocycles. The summed E-state index contributed by atoms with van der Waals surface area (Å²) in [6.45, 7) is 0. The topological polar surface area (TPSA) is 32.3 Å². The molecule has 0 radical (unpaired) electrons. The van der Waals surface area contributed by atoms with Crippen LogP contribution in [0.5, 0.6) is 0 Å². The molecule has 0 atom stereocenters. The highest BCUT2D eigenvalue weighted by atomic mass is 32.1. The Balaban J connectivity index is 0.870. The number of thiazole rings is 2. The Morgan fingerprint density at radius 3 is 0.943 bits per heavy atom. The van der Waals surface area contributed by atoms with Gasteiger partial charge in [-0.3, -0.25) is 0 Å². The first-order valence-corrected chi connectivity index (χ1v) is 25.1. The molecule has 0 aliphatic carbocycles. The van der Waals surface area contributed by atoms with Crippen LogP contribution < -0.4 is 9.80 Å². The molecule has 13 aromatic rings. The normalized spacial score (nSPS) is 11.4. The summed E-state index contributed by atoms with van der Waals surface area (Å²) in [6, 6.07) is 91.5.